The minimum Gasteiger partial charge on any atom is -0.507 e. The number of anilines is 1. The standard InChI is InChI=1S/C26H19ClN2O4S/c1-2-33-18-13-9-15(10-14-18)22-21(23(30)16-7-11-17(27)12-8-16)24(31)25(32)29(22)26-28-19-5-3-4-6-20(19)34-26/h3-14,22,30H,2H2,1H3/b23-21-. The third-order valence-electron chi connectivity index (χ3n) is 5.56. The van der Waals surface area contributed by atoms with Crippen molar-refractivity contribution in [2.45, 2.75) is 13.0 Å². The zero-order valence-electron chi connectivity index (χ0n) is 18.1. The summed E-state index contributed by atoms with van der Waals surface area (Å²) in [4.78, 5) is 32.5. The van der Waals surface area contributed by atoms with Crippen molar-refractivity contribution >= 4 is 55.7 Å². The predicted molar refractivity (Wildman–Crippen MR) is 133 cm³/mol. The van der Waals surface area contributed by atoms with Gasteiger partial charge in [-0.25, -0.2) is 4.98 Å². The second kappa shape index (κ2) is 8.93. The highest BCUT2D eigenvalue weighted by molar-refractivity contribution is 7.22. The van der Waals surface area contributed by atoms with Gasteiger partial charge in [-0.1, -0.05) is 47.2 Å². The van der Waals surface area contributed by atoms with Gasteiger partial charge in [-0.05, 0) is 61.0 Å². The molecule has 5 rings (SSSR count). The Labute approximate surface area is 204 Å². The molecule has 1 fully saturated rings. The first kappa shape index (κ1) is 22.1. The van der Waals surface area contributed by atoms with Gasteiger partial charge in [-0.15, -0.1) is 0 Å². The third-order valence-corrected chi connectivity index (χ3v) is 6.85. The number of carbonyl (C=O) groups is 2. The van der Waals surface area contributed by atoms with Crippen molar-refractivity contribution in [3.05, 3.63) is 94.5 Å². The van der Waals surface area contributed by atoms with Crippen LogP contribution in [0.25, 0.3) is 16.0 Å². The average molecular weight is 491 g/mol. The van der Waals surface area contributed by atoms with Crippen LogP contribution >= 0.6 is 22.9 Å². The number of carbonyl (C=O) groups excluding carboxylic acids is 2. The summed E-state index contributed by atoms with van der Waals surface area (Å²) in [5.41, 5.74) is 1.77. The van der Waals surface area contributed by atoms with Crippen molar-refractivity contribution < 1.29 is 19.4 Å². The van der Waals surface area contributed by atoms with Crippen LogP contribution in [0.4, 0.5) is 5.13 Å². The Bertz CT molecular complexity index is 1390. The number of aromatic nitrogens is 1. The van der Waals surface area contributed by atoms with E-state index in [1.165, 1.54) is 16.2 Å². The number of Topliss-reactive ketones (excluding diaryl/α,β-unsaturated/α-hetero) is 1. The molecule has 6 nitrogen and oxygen atoms in total. The maximum Gasteiger partial charge on any atom is 0.301 e. The summed E-state index contributed by atoms with van der Waals surface area (Å²) in [6.45, 7) is 2.40. The number of thiazole rings is 1. The summed E-state index contributed by atoms with van der Waals surface area (Å²) < 4.78 is 6.43. The molecule has 0 radical (unpaired) electrons. The van der Waals surface area contributed by atoms with Gasteiger partial charge in [0.05, 0.1) is 28.4 Å². The Morgan fingerprint density at radius 3 is 2.44 bits per heavy atom. The van der Waals surface area contributed by atoms with E-state index in [-0.39, 0.29) is 11.3 Å². The van der Waals surface area contributed by atoms with Gasteiger partial charge in [0.1, 0.15) is 11.5 Å². The Morgan fingerprint density at radius 1 is 1.06 bits per heavy atom. The second-order valence-corrected chi connectivity index (χ2v) is 9.09. The van der Waals surface area contributed by atoms with Crippen LogP contribution in [0.5, 0.6) is 5.75 Å². The number of rotatable bonds is 5. The van der Waals surface area contributed by atoms with Crippen LogP contribution in [0.2, 0.25) is 5.02 Å². The van der Waals surface area contributed by atoms with Crippen LogP contribution in [0, 0.1) is 0 Å². The molecule has 1 aliphatic heterocycles. The largest absolute Gasteiger partial charge is 0.507 e. The molecule has 3 aromatic carbocycles. The molecule has 0 aliphatic carbocycles. The summed E-state index contributed by atoms with van der Waals surface area (Å²) in [6, 6.07) is 20.2. The van der Waals surface area contributed by atoms with E-state index in [2.05, 4.69) is 4.98 Å². The molecule has 1 unspecified atom stereocenters. The van der Waals surface area contributed by atoms with E-state index in [1.807, 2.05) is 31.2 Å². The van der Waals surface area contributed by atoms with Crippen molar-refractivity contribution in [1.82, 2.24) is 4.98 Å². The van der Waals surface area contributed by atoms with Crippen LogP contribution in [0.1, 0.15) is 24.1 Å². The summed E-state index contributed by atoms with van der Waals surface area (Å²) in [5.74, 6) is -1.11. The molecule has 1 aliphatic rings. The molecule has 1 amide bonds. The van der Waals surface area contributed by atoms with Gasteiger partial charge in [-0.3, -0.25) is 14.5 Å². The van der Waals surface area contributed by atoms with Crippen molar-refractivity contribution in [2.75, 3.05) is 11.5 Å². The van der Waals surface area contributed by atoms with Crippen molar-refractivity contribution in [2.24, 2.45) is 0 Å². The average Bonchev–Trinajstić information content (AvgIpc) is 3.38. The number of amides is 1. The molecule has 2 heterocycles. The zero-order chi connectivity index (χ0) is 23.8. The molecule has 0 saturated carbocycles. The molecule has 170 valence electrons. The highest BCUT2D eigenvalue weighted by Crippen LogP contribution is 2.44. The number of nitrogens with zero attached hydrogens (tertiary/aromatic N) is 2. The smallest absolute Gasteiger partial charge is 0.301 e. The molecule has 1 N–H and O–H groups in total. The van der Waals surface area contributed by atoms with E-state index in [0.29, 0.717) is 33.6 Å². The van der Waals surface area contributed by atoms with Crippen LogP contribution in [-0.2, 0) is 9.59 Å². The number of ether oxygens (including phenoxy) is 1. The van der Waals surface area contributed by atoms with Gasteiger partial charge in [0.25, 0.3) is 5.78 Å². The maximum absolute atomic E-state index is 13.3. The summed E-state index contributed by atoms with van der Waals surface area (Å²) in [5, 5.41) is 12.1. The highest BCUT2D eigenvalue weighted by Gasteiger charge is 2.48. The molecule has 0 spiro atoms. The van der Waals surface area contributed by atoms with Crippen molar-refractivity contribution in [3.8, 4) is 5.75 Å². The number of aliphatic hydroxyl groups is 1. The van der Waals surface area contributed by atoms with Gasteiger partial charge in [0.15, 0.2) is 5.13 Å². The number of para-hydroxylation sites is 1. The van der Waals surface area contributed by atoms with E-state index in [9.17, 15) is 14.7 Å². The molecule has 1 saturated heterocycles. The van der Waals surface area contributed by atoms with Crippen LogP contribution in [0.3, 0.4) is 0 Å². The molecule has 0 bridgehead atoms. The molecular weight excluding hydrogens is 472 g/mol. The first-order valence-electron chi connectivity index (χ1n) is 10.6. The molecular formula is C26H19ClN2O4S. The number of fused-ring (bicyclic) bond motifs is 1. The lowest BCUT2D eigenvalue weighted by Crippen LogP contribution is -2.29. The van der Waals surface area contributed by atoms with Crippen LogP contribution in [-0.4, -0.2) is 28.4 Å². The Hall–Kier alpha value is -3.68. The lowest BCUT2D eigenvalue weighted by molar-refractivity contribution is -0.132. The van der Waals surface area contributed by atoms with Crippen LogP contribution in [0.15, 0.2) is 78.4 Å². The minimum atomic E-state index is -0.855. The first-order valence-corrected chi connectivity index (χ1v) is 11.8. The SMILES string of the molecule is CCOc1ccc(C2/C(=C(/O)c3ccc(Cl)cc3)C(=O)C(=O)N2c2nc3ccccc3s2)cc1. The Kier molecular flexibility index (Phi) is 5.81. The summed E-state index contributed by atoms with van der Waals surface area (Å²) in [6.07, 6.45) is 0. The third kappa shape index (κ3) is 3.83. The minimum absolute atomic E-state index is 0.00395. The maximum atomic E-state index is 13.3. The van der Waals surface area contributed by atoms with Gasteiger partial charge in [0.2, 0.25) is 0 Å². The molecule has 34 heavy (non-hydrogen) atoms. The fourth-order valence-corrected chi connectivity index (χ4v) is 5.10. The summed E-state index contributed by atoms with van der Waals surface area (Å²) >= 11 is 7.31. The number of halogens is 1. The molecule has 4 aromatic rings. The monoisotopic (exact) mass is 490 g/mol. The van der Waals surface area contributed by atoms with Crippen molar-refractivity contribution in [1.29, 1.82) is 0 Å². The second-order valence-electron chi connectivity index (χ2n) is 7.64. The number of aliphatic hydroxyl groups excluding tert-OH is 1. The first-order chi connectivity index (χ1) is 16.5. The van der Waals surface area contributed by atoms with E-state index < -0.39 is 17.7 Å². The van der Waals surface area contributed by atoms with Crippen molar-refractivity contribution in [3.63, 3.8) is 0 Å². The number of hydrogen-bond acceptors (Lipinski definition) is 6. The lowest BCUT2D eigenvalue weighted by atomic mass is 9.95. The van der Waals surface area contributed by atoms with E-state index in [0.717, 1.165) is 10.2 Å². The van der Waals surface area contributed by atoms with E-state index in [4.69, 9.17) is 16.3 Å². The predicted octanol–water partition coefficient (Wildman–Crippen LogP) is 5.97. The normalized spacial score (nSPS) is 17.5. The van der Waals surface area contributed by atoms with E-state index in [1.54, 1.807) is 48.5 Å². The Balaban J connectivity index is 1.70. The number of ketones is 1. The molecule has 1 atom stereocenters. The van der Waals surface area contributed by atoms with Gasteiger partial charge >= 0.3 is 5.91 Å². The van der Waals surface area contributed by atoms with E-state index >= 15 is 0 Å². The molecule has 1 aromatic heterocycles. The summed E-state index contributed by atoms with van der Waals surface area (Å²) in [7, 11) is 0. The number of benzene rings is 3. The van der Waals surface area contributed by atoms with Gasteiger partial charge in [0, 0.05) is 10.6 Å². The lowest BCUT2D eigenvalue weighted by Gasteiger charge is -2.23. The van der Waals surface area contributed by atoms with Crippen LogP contribution < -0.4 is 9.64 Å². The topological polar surface area (TPSA) is 79.7 Å². The fraction of sp³-hybridized carbons (Fsp3) is 0.115. The Morgan fingerprint density at radius 2 is 1.76 bits per heavy atom. The zero-order valence-corrected chi connectivity index (χ0v) is 19.6. The number of hydrogen-bond donors (Lipinski definition) is 1. The van der Waals surface area contributed by atoms with Gasteiger partial charge in [-0.2, -0.15) is 0 Å². The van der Waals surface area contributed by atoms with Gasteiger partial charge < -0.3 is 9.84 Å². The highest BCUT2D eigenvalue weighted by atomic mass is 35.5. The molecule has 8 heteroatoms. The quantitative estimate of drug-likeness (QED) is 0.211. The fourth-order valence-electron chi connectivity index (χ4n) is 3.98.